The molecule has 1 aromatic carbocycles. The molecule has 0 aromatic heterocycles. The molecule has 0 radical (unpaired) electrons. The SMILES string of the molecule is O=C(C[C@@H]1CCN2C[C@@H]1C=CCOc1ccccc1CN(CC1CC1)CC2=O)NC1CC1. The van der Waals surface area contributed by atoms with Gasteiger partial charge >= 0.3 is 0 Å². The van der Waals surface area contributed by atoms with Gasteiger partial charge < -0.3 is 15.0 Å². The molecular weight excluding hydrogens is 402 g/mol. The maximum absolute atomic E-state index is 13.3. The molecule has 5 rings (SSSR count). The molecule has 2 saturated carbocycles. The van der Waals surface area contributed by atoms with Gasteiger partial charge in [-0.3, -0.25) is 14.5 Å². The van der Waals surface area contributed by atoms with E-state index in [1.807, 2.05) is 23.1 Å². The number of hydrogen-bond donors (Lipinski definition) is 1. The first kappa shape index (κ1) is 21.5. The third-order valence-electron chi connectivity index (χ3n) is 7.21. The highest BCUT2D eigenvalue weighted by atomic mass is 16.5. The van der Waals surface area contributed by atoms with Gasteiger partial charge in [-0.2, -0.15) is 0 Å². The van der Waals surface area contributed by atoms with Crippen LogP contribution in [0.25, 0.3) is 0 Å². The van der Waals surface area contributed by atoms with Crippen molar-refractivity contribution >= 4 is 11.8 Å². The quantitative estimate of drug-likeness (QED) is 0.720. The summed E-state index contributed by atoms with van der Waals surface area (Å²) in [4.78, 5) is 30.1. The Bertz CT molecular complexity index is 862. The van der Waals surface area contributed by atoms with Gasteiger partial charge in [-0.15, -0.1) is 0 Å². The molecule has 1 saturated heterocycles. The lowest BCUT2D eigenvalue weighted by molar-refractivity contribution is -0.135. The largest absolute Gasteiger partial charge is 0.489 e. The number of rotatable bonds is 5. The molecule has 172 valence electrons. The van der Waals surface area contributed by atoms with Gasteiger partial charge in [-0.1, -0.05) is 30.4 Å². The molecule has 6 nitrogen and oxygen atoms in total. The molecule has 3 fully saturated rings. The Hall–Kier alpha value is -2.34. The Balaban J connectivity index is 1.32. The van der Waals surface area contributed by atoms with Gasteiger partial charge in [0.1, 0.15) is 12.4 Å². The molecule has 0 unspecified atom stereocenters. The van der Waals surface area contributed by atoms with E-state index < -0.39 is 0 Å². The molecule has 32 heavy (non-hydrogen) atoms. The van der Waals surface area contributed by atoms with Crippen molar-refractivity contribution in [3.8, 4) is 5.75 Å². The highest BCUT2D eigenvalue weighted by Gasteiger charge is 2.34. The normalized spacial score (nSPS) is 26.9. The third kappa shape index (κ3) is 5.71. The number of benzene rings is 1. The van der Waals surface area contributed by atoms with Crippen molar-refractivity contribution in [3.63, 3.8) is 0 Å². The van der Waals surface area contributed by atoms with E-state index in [2.05, 4.69) is 28.4 Å². The average Bonchev–Trinajstić information content (AvgIpc) is 3.70. The van der Waals surface area contributed by atoms with E-state index in [4.69, 9.17) is 4.74 Å². The summed E-state index contributed by atoms with van der Waals surface area (Å²) in [5, 5.41) is 3.13. The lowest BCUT2D eigenvalue weighted by Crippen LogP contribution is -2.48. The van der Waals surface area contributed by atoms with Crippen molar-refractivity contribution in [2.75, 3.05) is 32.8 Å². The van der Waals surface area contributed by atoms with Crippen molar-refractivity contribution in [3.05, 3.63) is 42.0 Å². The van der Waals surface area contributed by atoms with E-state index in [1.54, 1.807) is 0 Å². The molecule has 0 spiro atoms. The van der Waals surface area contributed by atoms with Gasteiger partial charge in [-0.05, 0) is 55.9 Å². The topological polar surface area (TPSA) is 61.9 Å². The second-order valence-electron chi connectivity index (χ2n) is 10.1. The minimum atomic E-state index is 0.161. The number of nitrogens with zero attached hydrogens (tertiary/aromatic N) is 2. The fraction of sp³-hybridized carbons (Fsp3) is 0.615. The lowest BCUT2D eigenvalue weighted by Gasteiger charge is -2.38. The predicted molar refractivity (Wildman–Crippen MR) is 123 cm³/mol. The van der Waals surface area contributed by atoms with Crippen molar-refractivity contribution < 1.29 is 14.3 Å². The molecule has 2 bridgehead atoms. The molecule has 2 aliphatic carbocycles. The third-order valence-corrected chi connectivity index (χ3v) is 7.21. The predicted octanol–water partition coefficient (Wildman–Crippen LogP) is 2.98. The summed E-state index contributed by atoms with van der Waals surface area (Å²) in [7, 11) is 0. The van der Waals surface area contributed by atoms with E-state index in [-0.39, 0.29) is 23.7 Å². The van der Waals surface area contributed by atoms with Gasteiger partial charge in [0.2, 0.25) is 11.8 Å². The van der Waals surface area contributed by atoms with Crippen molar-refractivity contribution in [2.45, 2.75) is 51.1 Å². The Labute approximate surface area is 191 Å². The van der Waals surface area contributed by atoms with E-state index in [9.17, 15) is 9.59 Å². The number of carbonyl (C=O) groups is 2. The van der Waals surface area contributed by atoms with Gasteiger partial charge in [0.25, 0.3) is 0 Å². The van der Waals surface area contributed by atoms with Crippen LogP contribution in [0.4, 0.5) is 0 Å². The molecule has 2 heterocycles. The highest BCUT2D eigenvalue weighted by molar-refractivity contribution is 5.79. The molecule has 1 aromatic rings. The Morgan fingerprint density at radius 1 is 1.09 bits per heavy atom. The Kier molecular flexibility index (Phi) is 6.49. The molecule has 1 N–H and O–H groups in total. The molecule has 4 aliphatic rings. The maximum atomic E-state index is 13.3. The minimum Gasteiger partial charge on any atom is -0.489 e. The summed E-state index contributed by atoms with van der Waals surface area (Å²) in [6.07, 6.45) is 10.4. The van der Waals surface area contributed by atoms with Crippen molar-refractivity contribution in [2.24, 2.45) is 17.8 Å². The molecule has 6 heteroatoms. The second-order valence-corrected chi connectivity index (χ2v) is 10.1. The zero-order chi connectivity index (χ0) is 21.9. The summed E-state index contributed by atoms with van der Waals surface area (Å²) >= 11 is 0. The second kappa shape index (κ2) is 9.65. The van der Waals surface area contributed by atoms with Gasteiger partial charge in [0.15, 0.2) is 0 Å². The summed E-state index contributed by atoms with van der Waals surface area (Å²) in [6.45, 7) is 4.11. The summed E-state index contributed by atoms with van der Waals surface area (Å²) in [5.41, 5.74) is 1.14. The zero-order valence-corrected chi connectivity index (χ0v) is 18.9. The Morgan fingerprint density at radius 3 is 2.75 bits per heavy atom. The summed E-state index contributed by atoms with van der Waals surface area (Å²) < 4.78 is 6.12. The maximum Gasteiger partial charge on any atom is 0.236 e. The fourth-order valence-electron chi connectivity index (χ4n) is 5.01. The molecule has 2 amide bonds. The van der Waals surface area contributed by atoms with Crippen LogP contribution in [-0.4, -0.2) is 60.4 Å². The number of para-hydroxylation sites is 1. The highest BCUT2D eigenvalue weighted by Crippen LogP contribution is 2.32. The van der Waals surface area contributed by atoms with Gasteiger partial charge in [0, 0.05) is 44.2 Å². The van der Waals surface area contributed by atoms with Gasteiger partial charge in [-0.25, -0.2) is 0 Å². The Morgan fingerprint density at radius 2 is 1.94 bits per heavy atom. The number of carbonyl (C=O) groups excluding carboxylic acids is 2. The summed E-state index contributed by atoms with van der Waals surface area (Å²) in [6, 6.07) is 8.57. The van der Waals surface area contributed by atoms with E-state index in [0.29, 0.717) is 32.2 Å². The number of piperidine rings is 1. The first-order valence-corrected chi connectivity index (χ1v) is 12.3. The van der Waals surface area contributed by atoms with E-state index in [0.717, 1.165) is 56.1 Å². The van der Waals surface area contributed by atoms with Crippen molar-refractivity contribution in [1.29, 1.82) is 0 Å². The molecule has 2 aliphatic heterocycles. The number of ether oxygens (including phenoxy) is 1. The van der Waals surface area contributed by atoms with Crippen LogP contribution in [0.15, 0.2) is 36.4 Å². The standard InChI is InChI=1S/C26H35N3O3/c30-25(27-23-9-10-23)14-20-11-12-29-17-21(20)5-3-13-32-24-6-2-1-4-22(24)16-28(18-26(29)31)15-19-7-8-19/h1-6,19-21,23H,7-18H2,(H,27,30)/t20-,21-/m0/s1. The number of amides is 2. The van der Waals surface area contributed by atoms with Crippen LogP contribution in [0, 0.1) is 17.8 Å². The molecule has 2 atom stereocenters. The number of hydrogen-bond acceptors (Lipinski definition) is 4. The van der Waals surface area contributed by atoms with E-state index in [1.165, 1.54) is 12.8 Å². The van der Waals surface area contributed by atoms with Crippen LogP contribution in [-0.2, 0) is 16.1 Å². The number of nitrogens with one attached hydrogen (secondary N) is 1. The first-order valence-electron chi connectivity index (χ1n) is 12.3. The van der Waals surface area contributed by atoms with Crippen LogP contribution in [0.1, 0.15) is 44.1 Å². The van der Waals surface area contributed by atoms with E-state index >= 15 is 0 Å². The average molecular weight is 438 g/mol. The van der Waals surface area contributed by atoms with Crippen LogP contribution in [0.5, 0.6) is 5.75 Å². The van der Waals surface area contributed by atoms with Crippen molar-refractivity contribution in [1.82, 2.24) is 15.1 Å². The lowest BCUT2D eigenvalue weighted by atomic mass is 9.82. The van der Waals surface area contributed by atoms with Crippen LogP contribution < -0.4 is 10.1 Å². The monoisotopic (exact) mass is 437 g/mol. The summed E-state index contributed by atoms with van der Waals surface area (Å²) in [5.74, 6) is 2.45. The first-order chi connectivity index (χ1) is 15.6. The van der Waals surface area contributed by atoms with Gasteiger partial charge in [0.05, 0.1) is 6.54 Å². The zero-order valence-electron chi connectivity index (χ0n) is 18.9. The minimum absolute atomic E-state index is 0.161. The number of fused-ring (bicyclic) bond motifs is 3. The van der Waals surface area contributed by atoms with Crippen LogP contribution in [0.3, 0.4) is 0 Å². The van der Waals surface area contributed by atoms with Crippen LogP contribution in [0.2, 0.25) is 0 Å². The fourth-order valence-corrected chi connectivity index (χ4v) is 5.01. The molecular formula is C26H35N3O3. The smallest absolute Gasteiger partial charge is 0.236 e. The van der Waals surface area contributed by atoms with Crippen LogP contribution >= 0.6 is 0 Å².